The largest absolute Gasteiger partial charge is 0.0865 e. The maximum absolute atomic E-state index is 3.26. The molecule has 0 heterocycles. The molecule has 38 valence electrons. The Morgan fingerprint density at radius 2 is 2.75 bits per heavy atom. The topological polar surface area (TPSA) is 0 Å². The maximum Gasteiger partial charge on any atom is 0.0584 e. The van der Waals surface area contributed by atoms with E-state index in [1.165, 1.54) is 18.4 Å². The minimum atomic E-state index is 0.454. The van der Waals surface area contributed by atoms with Crippen molar-refractivity contribution in [2.75, 3.05) is 0 Å². The fourth-order valence-corrected chi connectivity index (χ4v) is 1.98. The fourth-order valence-electron chi connectivity index (χ4n) is 1.98. The van der Waals surface area contributed by atoms with E-state index in [4.69, 9.17) is 0 Å². The Kier molecular flexibility index (Phi) is 0.279. The molecule has 0 aliphatic heterocycles. The summed E-state index contributed by atoms with van der Waals surface area (Å²) in [5, 5.41) is 0. The molecule has 0 aromatic carbocycles. The van der Waals surface area contributed by atoms with Crippen LogP contribution in [-0.2, 0) is 0 Å². The first-order valence-corrected chi connectivity index (χ1v) is 3.17. The van der Waals surface area contributed by atoms with E-state index in [2.05, 4.69) is 17.9 Å². The van der Waals surface area contributed by atoms with Crippen molar-refractivity contribution >= 4 is 0 Å². The van der Waals surface area contributed by atoms with Crippen LogP contribution in [0.2, 0.25) is 0 Å². The number of hydrogen-bond donors (Lipinski definition) is 0. The summed E-state index contributed by atoms with van der Waals surface area (Å²) >= 11 is 0. The first-order valence-electron chi connectivity index (χ1n) is 3.17. The fraction of sp³-hybridized carbons (Fsp3) is 0.500. The maximum atomic E-state index is 3.26. The summed E-state index contributed by atoms with van der Waals surface area (Å²) in [4.78, 5) is 0. The molecule has 0 saturated heterocycles. The van der Waals surface area contributed by atoms with Crippen molar-refractivity contribution in [2.45, 2.75) is 12.8 Å². The van der Waals surface area contributed by atoms with E-state index in [1.54, 1.807) is 0 Å². The minimum Gasteiger partial charge on any atom is -0.0865 e. The van der Waals surface area contributed by atoms with Gasteiger partial charge in [-0.1, -0.05) is 17.9 Å². The highest BCUT2D eigenvalue weighted by Gasteiger charge is 2.55. The molecule has 1 spiro atoms. The zero-order valence-electron chi connectivity index (χ0n) is 4.57. The Hall–Kier alpha value is -0.700. The second-order valence-electron chi connectivity index (χ2n) is 2.98. The lowest BCUT2D eigenvalue weighted by Crippen LogP contribution is -2.42. The van der Waals surface area contributed by atoms with Gasteiger partial charge in [-0.05, 0) is 12.8 Å². The molecular formula is C8H6. The molecule has 0 aromatic heterocycles. The van der Waals surface area contributed by atoms with Gasteiger partial charge in [0.05, 0.1) is 5.41 Å². The van der Waals surface area contributed by atoms with Crippen molar-refractivity contribution in [1.82, 2.24) is 0 Å². The standard InChI is InChI=1S/C8H6/c1-3-8-4-2-7(8)6(1)5-8/h5,7H,2,4H2. The molecule has 2 bridgehead atoms. The van der Waals surface area contributed by atoms with Crippen LogP contribution in [-0.4, -0.2) is 0 Å². The van der Waals surface area contributed by atoms with Gasteiger partial charge < -0.3 is 0 Å². The highest BCUT2D eigenvalue weighted by molar-refractivity contribution is 5.58. The van der Waals surface area contributed by atoms with E-state index in [0.29, 0.717) is 5.41 Å². The van der Waals surface area contributed by atoms with Gasteiger partial charge in [-0.2, -0.15) is 0 Å². The van der Waals surface area contributed by atoms with Crippen LogP contribution in [0, 0.1) is 23.2 Å². The summed E-state index contributed by atoms with van der Waals surface area (Å²) in [6, 6.07) is 0. The molecule has 2 unspecified atom stereocenters. The predicted molar refractivity (Wildman–Crippen MR) is 31.0 cm³/mol. The average molecular weight is 102 g/mol. The van der Waals surface area contributed by atoms with Gasteiger partial charge in [0.25, 0.3) is 0 Å². The van der Waals surface area contributed by atoms with Crippen LogP contribution in [0.15, 0.2) is 11.6 Å². The van der Waals surface area contributed by atoms with E-state index in [9.17, 15) is 0 Å². The Balaban J connectivity index is 2.32. The molecule has 1 saturated carbocycles. The van der Waals surface area contributed by atoms with Gasteiger partial charge >= 0.3 is 0 Å². The monoisotopic (exact) mass is 102 g/mol. The molecular weight excluding hydrogens is 96.1 g/mol. The third kappa shape index (κ3) is 0.142. The number of hydrogen-bond acceptors (Lipinski definition) is 0. The molecule has 4 aliphatic carbocycles. The van der Waals surface area contributed by atoms with Gasteiger partial charge in [0.2, 0.25) is 0 Å². The van der Waals surface area contributed by atoms with Gasteiger partial charge in [-0.25, -0.2) is 0 Å². The number of rotatable bonds is 0. The van der Waals surface area contributed by atoms with Crippen molar-refractivity contribution in [2.24, 2.45) is 11.3 Å². The lowest BCUT2D eigenvalue weighted by Gasteiger charge is -2.48. The van der Waals surface area contributed by atoms with Crippen molar-refractivity contribution in [1.29, 1.82) is 0 Å². The summed E-state index contributed by atoms with van der Waals surface area (Å²) in [6.07, 6.45) is 5.06. The summed E-state index contributed by atoms with van der Waals surface area (Å²) in [5.74, 6) is 7.30. The van der Waals surface area contributed by atoms with Gasteiger partial charge in [0, 0.05) is 11.5 Å². The predicted octanol–water partition coefficient (Wildman–Crippen LogP) is 1.34. The van der Waals surface area contributed by atoms with Crippen LogP contribution >= 0.6 is 0 Å². The summed E-state index contributed by atoms with van der Waals surface area (Å²) in [6.45, 7) is 0. The van der Waals surface area contributed by atoms with Crippen molar-refractivity contribution in [3.63, 3.8) is 0 Å². The average Bonchev–Trinajstić information content (AvgIpc) is 2.19. The lowest BCUT2D eigenvalue weighted by molar-refractivity contribution is 0.163. The molecule has 2 atom stereocenters. The van der Waals surface area contributed by atoms with Gasteiger partial charge in [-0.15, -0.1) is 0 Å². The Bertz CT molecular complexity index is 249. The van der Waals surface area contributed by atoms with Gasteiger partial charge in [0.1, 0.15) is 0 Å². The zero-order valence-corrected chi connectivity index (χ0v) is 4.57. The SMILES string of the molecule is C1#CC23C=C1C2CC3. The normalized spacial score (nSPS) is 52.0. The third-order valence-corrected chi connectivity index (χ3v) is 2.70. The quantitative estimate of drug-likeness (QED) is 0.405. The molecule has 0 N–H and O–H groups in total. The molecule has 0 radical (unpaired) electrons. The van der Waals surface area contributed by atoms with E-state index >= 15 is 0 Å². The summed E-state index contributed by atoms with van der Waals surface area (Å²) < 4.78 is 0. The molecule has 0 heteroatoms. The summed E-state index contributed by atoms with van der Waals surface area (Å²) in [5.41, 5.74) is 1.89. The summed E-state index contributed by atoms with van der Waals surface area (Å²) in [7, 11) is 0. The molecule has 8 heavy (non-hydrogen) atoms. The first-order chi connectivity index (χ1) is 3.91. The molecule has 4 rings (SSSR count). The van der Waals surface area contributed by atoms with Crippen LogP contribution in [0.4, 0.5) is 0 Å². The highest BCUT2D eigenvalue weighted by Crippen LogP contribution is 2.61. The Morgan fingerprint density at radius 1 is 1.75 bits per heavy atom. The van der Waals surface area contributed by atoms with Crippen LogP contribution in [0.1, 0.15) is 12.8 Å². The number of allylic oxidation sites excluding steroid dienone is 2. The van der Waals surface area contributed by atoms with Crippen molar-refractivity contribution in [3.8, 4) is 11.8 Å². The second kappa shape index (κ2) is 0.666. The lowest BCUT2D eigenvalue weighted by atomic mass is 9.53. The van der Waals surface area contributed by atoms with E-state index in [1.807, 2.05) is 0 Å². The van der Waals surface area contributed by atoms with E-state index in [-0.39, 0.29) is 0 Å². The molecule has 0 aromatic rings. The second-order valence-corrected chi connectivity index (χ2v) is 2.98. The van der Waals surface area contributed by atoms with Crippen LogP contribution in [0.3, 0.4) is 0 Å². The first kappa shape index (κ1) is 3.35. The van der Waals surface area contributed by atoms with E-state index in [0.717, 1.165) is 5.92 Å². The minimum absolute atomic E-state index is 0.454. The van der Waals surface area contributed by atoms with Crippen LogP contribution in [0.25, 0.3) is 0 Å². The highest BCUT2D eigenvalue weighted by atomic mass is 14.6. The van der Waals surface area contributed by atoms with E-state index < -0.39 is 0 Å². The van der Waals surface area contributed by atoms with Crippen molar-refractivity contribution < 1.29 is 0 Å². The molecule has 1 fully saturated rings. The van der Waals surface area contributed by atoms with Crippen LogP contribution in [0.5, 0.6) is 0 Å². The Morgan fingerprint density at radius 3 is 3.00 bits per heavy atom. The van der Waals surface area contributed by atoms with Crippen molar-refractivity contribution in [3.05, 3.63) is 11.6 Å². The molecule has 4 aliphatic rings. The molecule has 0 amide bonds. The third-order valence-electron chi connectivity index (χ3n) is 2.70. The van der Waals surface area contributed by atoms with Gasteiger partial charge in [-0.3, -0.25) is 0 Å². The smallest absolute Gasteiger partial charge is 0.0584 e. The van der Waals surface area contributed by atoms with Crippen LogP contribution < -0.4 is 0 Å². The molecule has 0 nitrogen and oxygen atoms in total. The zero-order chi connectivity index (χ0) is 5.19. The Labute approximate surface area is 48.6 Å². The van der Waals surface area contributed by atoms with Gasteiger partial charge in [0.15, 0.2) is 0 Å².